The van der Waals surface area contributed by atoms with Crippen LogP contribution in [-0.2, 0) is 27.4 Å². The molecule has 2 heterocycles. The van der Waals surface area contributed by atoms with Crippen LogP contribution in [0.1, 0.15) is 44.7 Å². The lowest BCUT2D eigenvalue weighted by Gasteiger charge is -2.17. The van der Waals surface area contributed by atoms with Crippen LogP contribution in [0.3, 0.4) is 0 Å². The fourth-order valence-electron chi connectivity index (χ4n) is 3.17. The molecule has 170 valence electrons. The average Bonchev–Trinajstić information content (AvgIpc) is 3.44. The third-order valence-electron chi connectivity index (χ3n) is 4.76. The van der Waals surface area contributed by atoms with E-state index in [1.165, 1.54) is 11.3 Å². The lowest BCUT2D eigenvalue weighted by molar-refractivity contribution is -0.126. The van der Waals surface area contributed by atoms with Crippen LogP contribution in [0.4, 0.5) is 5.13 Å². The van der Waals surface area contributed by atoms with Crippen LogP contribution in [0.5, 0.6) is 0 Å². The predicted molar refractivity (Wildman–Crippen MR) is 131 cm³/mol. The van der Waals surface area contributed by atoms with E-state index < -0.39 is 6.04 Å². The molecular weight excluding hydrogens is 442 g/mol. The van der Waals surface area contributed by atoms with E-state index in [0.29, 0.717) is 18.2 Å². The molecule has 6 nitrogen and oxygen atoms in total. The van der Waals surface area contributed by atoms with Gasteiger partial charge in [-0.05, 0) is 53.8 Å². The number of aromatic nitrogens is 1. The topological polar surface area (TPSA) is 80.3 Å². The number of nitrogens with one attached hydrogen (secondary N) is 2. The van der Waals surface area contributed by atoms with Gasteiger partial charge in [0.05, 0.1) is 24.0 Å². The van der Waals surface area contributed by atoms with Crippen LogP contribution in [0.15, 0.2) is 47.3 Å². The zero-order valence-corrected chi connectivity index (χ0v) is 20.2. The first-order valence-electron chi connectivity index (χ1n) is 10.7. The number of hydrogen-bond donors (Lipinski definition) is 2. The minimum absolute atomic E-state index is 0.143. The molecule has 3 aromatic rings. The summed E-state index contributed by atoms with van der Waals surface area (Å²) in [5.74, 6) is -0.404. The molecule has 2 aromatic heterocycles. The SMILES string of the molecule is CCC[C@H](NC(=O)Cc1ccsc1)C(=O)Nc1ncc(-c2ccccc2COC(C)C)s1. The highest BCUT2D eigenvalue weighted by atomic mass is 32.1. The number of anilines is 1. The molecule has 0 bridgehead atoms. The van der Waals surface area contributed by atoms with E-state index in [1.807, 2.05) is 61.9 Å². The Balaban J connectivity index is 1.65. The first kappa shape index (κ1) is 24.1. The quantitative estimate of drug-likeness (QED) is 0.400. The Morgan fingerprint density at radius 1 is 1.19 bits per heavy atom. The third-order valence-corrected chi connectivity index (χ3v) is 6.44. The minimum Gasteiger partial charge on any atom is -0.374 e. The van der Waals surface area contributed by atoms with E-state index in [1.54, 1.807) is 17.5 Å². The molecule has 0 aliphatic carbocycles. The summed E-state index contributed by atoms with van der Waals surface area (Å²) >= 11 is 2.96. The highest BCUT2D eigenvalue weighted by molar-refractivity contribution is 7.19. The zero-order valence-electron chi connectivity index (χ0n) is 18.6. The number of rotatable bonds is 11. The third kappa shape index (κ3) is 6.98. The fourth-order valence-corrected chi connectivity index (χ4v) is 4.72. The molecule has 2 N–H and O–H groups in total. The van der Waals surface area contributed by atoms with Crippen LogP contribution in [0, 0.1) is 0 Å². The van der Waals surface area contributed by atoms with E-state index in [4.69, 9.17) is 4.74 Å². The van der Waals surface area contributed by atoms with Gasteiger partial charge in [0.15, 0.2) is 5.13 Å². The molecule has 0 unspecified atom stereocenters. The summed E-state index contributed by atoms with van der Waals surface area (Å²) in [5, 5.41) is 10.1. The van der Waals surface area contributed by atoms with Gasteiger partial charge in [0, 0.05) is 6.20 Å². The van der Waals surface area contributed by atoms with Crippen molar-refractivity contribution in [1.82, 2.24) is 10.3 Å². The second kappa shape index (κ2) is 11.9. The molecule has 32 heavy (non-hydrogen) atoms. The molecular formula is C24H29N3O3S2. The van der Waals surface area contributed by atoms with Gasteiger partial charge in [0.2, 0.25) is 11.8 Å². The van der Waals surface area contributed by atoms with Gasteiger partial charge >= 0.3 is 0 Å². The normalized spacial score (nSPS) is 12.0. The first-order chi connectivity index (χ1) is 15.5. The molecule has 0 spiro atoms. The van der Waals surface area contributed by atoms with Crippen molar-refractivity contribution in [3.8, 4) is 10.4 Å². The molecule has 0 radical (unpaired) electrons. The molecule has 1 aromatic carbocycles. The number of carbonyl (C=O) groups is 2. The Morgan fingerprint density at radius 3 is 2.72 bits per heavy atom. The molecule has 0 aliphatic rings. The average molecular weight is 472 g/mol. The number of ether oxygens (including phenoxy) is 1. The number of thiophene rings is 1. The Labute approximate surface area is 197 Å². The smallest absolute Gasteiger partial charge is 0.248 e. The number of thiazole rings is 1. The van der Waals surface area contributed by atoms with Crippen molar-refractivity contribution in [3.05, 3.63) is 58.4 Å². The van der Waals surface area contributed by atoms with Gasteiger partial charge in [-0.1, -0.05) is 48.9 Å². The fraction of sp³-hybridized carbons (Fsp3) is 0.375. The van der Waals surface area contributed by atoms with E-state index in [9.17, 15) is 9.59 Å². The van der Waals surface area contributed by atoms with Gasteiger partial charge in [-0.2, -0.15) is 11.3 Å². The maximum absolute atomic E-state index is 12.9. The molecule has 0 saturated carbocycles. The highest BCUT2D eigenvalue weighted by Gasteiger charge is 2.21. The number of carbonyl (C=O) groups excluding carboxylic acids is 2. The molecule has 0 fully saturated rings. The van der Waals surface area contributed by atoms with E-state index in [0.717, 1.165) is 28.0 Å². The second-order valence-corrected chi connectivity index (χ2v) is 9.56. The lowest BCUT2D eigenvalue weighted by atomic mass is 10.1. The standard InChI is InChI=1S/C24H29N3O3S2/c1-4-7-20(26-22(28)12-17-10-11-31-15-17)23(29)27-24-25-13-21(32-24)19-9-6-5-8-18(19)14-30-16(2)3/h5-6,8-11,13,15-16,20H,4,7,12,14H2,1-3H3,(H,26,28)(H,25,27,29)/t20-/m0/s1. The van der Waals surface area contributed by atoms with Crippen molar-refractivity contribution in [2.75, 3.05) is 5.32 Å². The van der Waals surface area contributed by atoms with Gasteiger partial charge in [0.1, 0.15) is 6.04 Å². The molecule has 0 aliphatic heterocycles. The summed E-state index contributed by atoms with van der Waals surface area (Å²) < 4.78 is 5.77. The number of hydrogen-bond acceptors (Lipinski definition) is 6. The van der Waals surface area contributed by atoms with Gasteiger partial charge in [-0.25, -0.2) is 4.98 Å². The summed E-state index contributed by atoms with van der Waals surface area (Å²) in [6.45, 7) is 6.52. The van der Waals surface area contributed by atoms with Crippen LogP contribution in [-0.4, -0.2) is 28.9 Å². The van der Waals surface area contributed by atoms with Crippen molar-refractivity contribution in [1.29, 1.82) is 0 Å². The van der Waals surface area contributed by atoms with Crippen molar-refractivity contribution in [2.45, 2.75) is 58.8 Å². The van der Waals surface area contributed by atoms with Gasteiger partial charge < -0.3 is 15.4 Å². The van der Waals surface area contributed by atoms with Crippen molar-refractivity contribution in [2.24, 2.45) is 0 Å². The summed E-state index contributed by atoms with van der Waals surface area (Å²) in [6, 6.07) is 9.36. The number of benzene rings is 1. The Bertz CT molecular complexity index is 1020. The van der Waals surface area contributed by atoms with Gasteiger partial charge in [-0.15, -0.1) is 0 Å². The summed E-state index contributed by atoms with van der Waals surface area (Å²) in [6.07, 6.45) is 3.52. The van der Waals surface area contributed by atoms with Gasteiger partial charge in [-0.3, -0.25) is 9.59 Å². The zero-order chi connectivity index (χ0) is 22.9. The van der Waals surface area contributed by atoms with Crippen molar-refractivity contribution in [3.63, 3.8) is 0 Å². The number of amides is 2. The Hall–Kier alpha value is -2.55. The van der Waals surface area contributed by atoms with Crippen LogP contribution < -0.4 is 10.6 Å². The molecule has 0 saturated heterocycles. The van der Waals surface area contributed by atoms with Crippen LogP contribution in [0.2, 0.25) is 0 Å². The molecule has 1 atom stereocenters. The molecule has 2 amide bonds. The summed E-state index contributed by atoms with van der Waals surface area (Å²) in [5.41, 5.74) is 3.07. The van der Waals surface area contributed by atoms with Crippen molar-refractivity contribution < 1.29 is 14.3 Å². The van der Waals surface area contributed by atoms with Crippen LogP contribution in [0.25, 0.3) is 10.4 Å². The monoisotopic (exact) mass is 471 g/mol. The maximum Gasteiger partial charge on any atom is 0.248 e. The minimum atomic E-state index is -0.592. The maximum atomic E-state index is 12.9. The lowest BCUT2D eigenvalue weighted by Crippen LogP contribution is -2.44. The van der Waals surface area contributed by atoms with E-state index in [-0.39, 0.29) is 24.3 Å². The highest BCUT2D eigenvalue weighted by Crippen LogP contribution is 2.32. The first-order valence-corrected chi connectivity index (χ1v) is 12.5. The van der Waals surface area contributed by atoms with Crippen molar-refractivity contribution >= 4 is 39.6 Å². The van der Waals surface area contributed by atoms with Crippen LogP contribution >= 0.6 is 22.7 Å². The summed E-state index contributed by atoms with van der Waals surface area (Å²) in [4.78, 5) is 30.6. The Kier molecular flexibility index (Phi) is 8.96. The van der Waals surface area contributed by atoms with Gasteiger partial charge in [0.25, 0.3) is 0 Å². The Morgan fingerprint density at radius 2 is 2.00 bits per heavy atom. The second-order valence-electron chi connectivity index (χ2n) is 7.75. The number of nitrogens with zero attached hydrogens (tertiary/aromatic N) is 1. The predicted octanol–water partition coefficient (Wildman–Crippen LogP) is 5.26. The van der Waals surface area contributed by atoms with E-state index in [2.05, 4.69) is 15.6 Å². The summed E-state index contributed by atoms with van der Waals surface area (Å²) in [7, 11) is 0. The molecule has 8 heteroatoms. The van der Waals surface area contributed by atoms with E-state index >= 15 is 0 Å². The largest absolute Gasteiger partial charge is 0.374 e. The molecule has 3 rings (SSSR count).